The van der Waals surface area contributed by atoms with E-state index >= 15 is 0 Å². The number of carbonyl (C=O) groups is 1. The average Bonchev–Trinajstić information content (AvgIpc) is 2.83. The first kappa shape index (κ1) is 12.0. The normalized spacial score (nSPS) is 19.2. The van der Waals surface area contributed by atoms with Crippen LogP contribution < -0.4 is 10.8 Å². The maximum atomic E-state index is 12.6. The van der Waals surface area contributed by atoms with Gasteiger partial charge >= 0.3 is 0 Å². The molecule has 1 aromatic carbocycles. The highest BCUT2D eigenvalue weighted by Crippen LogP contribution is 2.04. The van der Waals surface area contributed by atoms with Gasteiger partial charge in [0.1, 0.15) is 5.82 Å². The maximum Gasteiger partial charge on any atom is 0.247 e. The number of halogens is 1. The zero-order valence-electron chi connectivity index (χ0n) is 9.41. The van der Waals surface area contributed by atoms with E-state index in [-0.39, 0.29) is 24.2 Å². The van der Waals surface area contributed by atoms with E-state index in [1.54, 1.807) is 12.1 Å². The molecule has 0 saturated carbocycles. The van der Waals surface area contributed by atoms with E-state index in [2.05, 4.69) is 10.8 Å². The Labute approximate surface area is 99.1 Å². The zero-order valence-corrected chi connectivity index (χ0v) is 9.41. The third kappa shape index (κ3) is 3.80. The fourth-order valence-electron chi connectivity index (χ4n) is 1.70. The molecule has 1 amide bonds. The van der Waals surface area contributed by atoms with Gasteiger partial charge in [0.25, 0.3) is 0 Å². The van der Waals surface area contributed by atoms with Gasteiger partial charge in [0, 0.05) is 6.54 Å². The summed E-state index contributed by atoms with van der Waals surface area (Å²) < 4.78 is 12.6. The molecule has 0 spiro atoms. The second-order valence-electron chi connectivity index (χ2n) is 4.06. The van der Waals surface area contributed by atoms with Gasteiger partial charge < -0.3 is 5.32 Å². The number of hydrogen-bond acceptors (Lipinski definition) is 3. The summed E-state index contributed by atoms with van der Waals surface area (Å²) in [4.78, 5) is 16.7. The van der Waals surface area contributed by atoms with Gasteiger partial charge in [-0.2, -0.15) is 0 Å². The number of amides is 1. The van der Waals surface area contributed by atoms with Gasteiger partial charge in [-0.05, 0) is 30.7 Å². The third-order valence-corrected chi connectivity index (χ3v) is 2.63. The Kier molecular flexibility index (Phi) is 4.06. The fourth-order valence-corrected chi connectivity index (χ4v) is 1.70. The first-order chi connectivity index (χ1) is 8.24. The van der Waals surface area contributed by atoms with E-state index in [1.807, 2.05) is 0 Å². The van der Waals surface area contributed by atoms with Crippen molar-refractivity contribution >= 4 is 5.91 Å². The molecule has 1 aromatic rings. The molecule has 1 unspecified atom stereocenters. The highest BCUT2D eigenvalue weighted by molar-refractivity contribution is 5.77. The summed E-state index contributed by atoms with van der Waals surface area (Å²) in [6, 6.07) is 5.85. The molecular formula is C12H15FN2O2. The fraction of sp³-hybridized carbons (Fsp3) is 0.417. The van der Waals surface area contributed by atoms with Gasteiger partial charge in [-0.3, -0.25) is 9.63 Å². The monoisotopic (exact) mass is 238 g/mol. The van der Waals surface area contributed by atoms with Crippen LogP contribution in [0.3, 0.4) is 0 Å². The van der Waals surface area contributed by atoms with Gasteiger partial charge in [0.2, 0.25) is 5.91 Å². The minimum atomic E-state index is -0.303. The zero-order chi connectivity index (χ0) is 12.1. The Morgan fingerprint density at radius 2 is 2.24 bits per heavy atom. The van der Waals surface area contributed by atoms with Crippen molar-refractivity contribution in [1.29, 1.82) is 0 Å². The van der Waals surface area contributed by atoms with Gasteiger partial charge in [-0.15, -0.1) is 0 Å². The number of hydroxylamine groups is 1. The van der Waals surface area contributed by atoms with Crippen LogP contribution in [0.5, 0.6) is 0 Å². The Hall–Kier alpha value is -1.46. The molecule has 2 N–H and O–H groups in total. The number of rotatable bonds is 4. The molecule has 0 aromatic heterocycles. The maximum absolute atomic E-state index is 12.6. The van der Waals surface area contributed by atoms with Gasteiger partial charge in [0.05, 0.1) is 12.5 Å². The lowest BCUT2D eigenvalue weighted by atomic mass is 10.1. The summed E-state index contributed by atoms with van der Waals surface area (Å²) in [5.41, 5.74) is 3.18. The van der Waals surface area contributed by atoms with E-state index in [9.17, 15) is 9.18 Å². The number of nitrogens with one attached hydrogen (secondary N) is 2. The van der Waals surface area contributed by atoms with E-state index in [0.717, 1.165) is 25.1 Å². The Morgan fingerprint density at radius 3 is 2.88 bits per heavy atom. The van der Waals surface area contributed by atoms with E-state index in [1.165, 1.54) is 12.1 Å². The van der Waals surface area contributed by atoms with Crippen molar-refractivity contribution in [2.24, 2.45) is 0 Å². The van der Waals surface area contributed by atoms with E-state index in [4.69, 9.17) is 4.84 Å². The lowest BCUT2D eigenvalue weighted by molar-refractivity contribution is -0.136. The molecule has 1 atom stereocenters. The summed E-state index contributed by atoms with van der Waals surface area (Å²) in [5.74, 6) is -0.522. The van der Waals surface area contributed by atoms with Crippen LogP contribution in [0.15, 0.2) is 24.3 Å². The molecule has 1 aliphatic rings. The second-order valence-corrected chi connectivity index (χ2v) is 4.06. The quantitative estimate of drug-likeness (QED) is 0.762. The summed E-state index contributed by atoms with van der Waals surface area (Å²) in [7, 11) is 0. The van der Waals surface area contributed by atoms with Crippen molar-refractivity contribution in [1.82, 2.24) is 10.8 Å². The molecule has 1 saturated heterocycles. The van der Waals surface area contributed by atoms with Crippen LogP contribution in [-0.2, 0) is 16.1 Å². The molecule has 4 nitrogen and oxygen atoms in total. The molecule has 0 radical (unpaired) electrons. The average molecular weight is 238 g/mol. The second kappa shape index (κ2) is 5.75. The smallest absolute Gasteiger partial charge is 0.247 e. The Bertz CT molecular complexity index is 375. The minimum Gasteiger partial charge on any atom is -0.314 e. The van der Waals surface area contributed by atoms with Crippen molar-refractivity contribution in [2.75, 3.05) is 13.1 Å². The molecule has 5 heteroatoms. The van der Waals surface area contributed by atoms with Crippen molar-refractivity contribution in [3.8, 4) is 0 Å². The predicted octanol–water partition coefficient (Wildman–Crippen LogP) is 0.778. The molecule has 92 valence electrons. The molecule has 2 rings (SSSR count). The lowest BCUT2D eigenvalue weighted by Crippen LogP contribution is -2.31. The van der Waals surface area contributed by atoms with Crippen molar-refractivity contribution in [3.05, 3.63) is 35.6 Å². The van der Waals surface area contributed by atoms with Crippen LogP contribution in [0.2, 0.25) is 0 Å². The van der Waals surface area contributed by atoms with Gasteiger partial charge in [-0.25, -0.2) is 9.87 Å². The van der Waals surface area contributed by atoms with Crippen molar-refractivity contribution in [2.45, 2.75) is 18.9 Å². The molecule has 0 bridgehead atoms. The largest absolute Gasteiger partial charge is 0.314 e. The van der Waals surface area contributed by atoms with Gasteiger partial charge in [-0.1, -0.05) is 12.1 Å². The minimum absolute atomic E-state index is 0.0483. The van der Waals surface area contributed by atoms with Crippen molar-refractivity contribution in [3.63, 3.8) is 0 Å². The van der Waals surface area contributed by atoms with Crippen LogP contribution in [0.1, 0.15) is 12.0 Å². The van der Waals surface area contributed by atoms with Gasteiger partial charge in [0.15, 0.2) is 0 Å². The van der Waals surface area contributed by atoms with Crippen LogP contribution in [0.25, 0.3) is 0 Å². The molecule has 1 heterocycles. The number of carbonyl (C=O) groups excluding carboxylic acids is 1. The van der Waals surface area contributed by atoms with Crippen LogP contribution in [0.4, 0.5) is 4.39 Å². The van der Waals surface area contributed by atoms with Crippen LogP contribution in [0, 0.1) is 5.82 Å². The summed E-state index contributed by atoms with van der Waals surface area (Å²) >= 11 is 0. The van der Waals surface area contributed by atoms with Crippen LogP contribution >= 0.6 is 0 Å². The first-order valence-electron chi connectivity index (χ1n) is 5.64. The summed E-state index contributed by atoms with van der Waals surface area (Å²) in [6.07, 6.45) is 1.14. The standard InChI is InChI=1S/C12H15FN2O2/c13-10-3-1-9(2-4-10)7-12(16)15-17-11-5-6-14-8-11/h1-4,11,14H,5-8H2,(H,15,16). The molecule has 17 heavy (non-hydrogen) atoms. The molecule has 1 fully saturated rings. The summed E-state index contributed by atoms with van der Waals surface area (Å²) in [5, 5.41) is 3.13. The highest BCUT2D eigenvalue weighted by Gasteiger charge is 2.16. The Balaban J connectivity index is 1.74. The first-order valence-corrected chi connectivity index (χ1v) is 5.64. The lowest BCUT2D eigenvalue weighted by Gasteiger charge is -2.10. The molecular weight excluding hydrogens is 223 g/mol. The molecule has 1 aliphatic heterocycles. The number of hydrogen-bond donors (Lipinski definition) is 2. The predicted molar refractivity (Wildman–Crippen MR) is 60.6 cm³/mol. The number of benzene rings is 1. The third-order valence-electron chi connectivity index (χ3n) is 2.63. The van der Waals surface area contributed by atoms with E-state index in [0.29, 0.717) is 0 Å². The highest BCUT2D eigenvalue weighted by atomic mass is 19.1. The SMILES string of the molecule is O=C(Cc1ccc(F)cc1)NOC1CCNC1. The summed E-state index contributed by atoms with van der Waals surface area (Å²) in [6.45, 7) is 1.68. The molecule has 0 aliphatic carbocycles. The van der Waals surface area contributed by atoms with E-state index < -0.39 is 0 Å². The van der Waals surface area contributed by atoms with Crippen LogP contribution in [-0.4, -0.2) is 25.1 Å². The topological polar surface area (TPSA) is 50.4 Å². The Morgan fingerprint density at radius 1 is 1.47 bits per heavy atom. The van der Waals surface area contributed by atoms with Crippen molar-refractivity contribution < 1.29 is 14.0 Å².